The zero-order valence-electron chi connectivity index (χ0n) is 5.24. The zero-order valence-corrected chi connectivity index (χ0v) is 5.99. The lowest BCUT2D eigenvalue weighted by Gasteiger charge is -1.95. The first kappa shape index (κ1) is 7.96. The maximum absolute atomic E-state index is 12.7. The van der Waals surface area contributed by atoms with E-state index in [9.17, 15) is 8.78 Å². The van der Waals surface area contributed by atoms with Gasteiger partial charge in [0.15, 0.2) is 5.82 Å². The average Bonchev–Trinajstić information content (AvgIpc) is 1.99. The first-order valence-electron chi connectivity index (χ1n) is 2.70. The van der Waals surface area contributed by atoms with Gasteiger partial charge < -0.3 is 0 Å². The van der Waals surface area contributed by atoms with E-state index in [1.807, 2.05) is 0 Å². The lowest BCUT2D eigenvalue weighted by Crippen LogP contribution is -1.89. The molecule has 4 heteroatoms. The van der Waals surface area contributed by atoms with E-state index in [2.05, 4.69) is 0 Å². The predicted molar refractivity (Wildman–Crippen MR) is 36.1 cm³/mol. The molecule has 0 amide bonds. The highest BCUT2D eigenvalue weighted by molar-refractivity contribution is 6.30. The monoisotopic (exact) mass is 173 g/mol. The van der Waals surface area contributed by atoms with Crippen molar-refractivity contribution in [1.82, 2.24) is 0 Å². The Bertz CT molecular complexity index is 330. The van der Waals surface area contributed by atoms with Crippen molar-refractivity contribution in [1.29, 1.82) is 5.26 Å². The van der Waals surface area contributed by atoms with Crippen molar-refractivity contribution in [3.63, 3.8) is 0 Å². The van der Waals surface area contributed by atoms with Crippen molar-refractivity contribution in [3.8, 4) is 6.07 Å². The largest absolute Gasteiger partial charge is 0.205 e. The summed E-state index contributed by atoms with van der Waals surface area (Å²) in [4.78, 5) is 0. The maximum atomic E-state index is 12.7. The van der Waals surface area contributed by atoms with Gasteiger partial charge in [0.1, 0.15) is 17.4 Å². The normalized spacial score (nSPS) is 9.27. The topological polar surface area (TPSA) is 23.8 Å². The first-order valence-corrected chi connectivity index (χ1v) is 3.08. The molecule has 0 saturated carbocycles. The summed E-state index contributed by atoms with van der Waals surface area (Å²) in [6, 6.07) is 3.38. The highest BCUT2D eigenvalue weighted by atomic mass is 35.5. The average molecular weight is 174 g/mol. The summed E-state index contributed by atoms with van der Waals surface area (Å²) >= 11 is 5.27. The van der Waals surface area contributed by atoms with Crippen LogP contribution in [0.25, 0.3) is 0 Å². The Kier molecular flexibility index (Phi) is 2.06. The van der Waals surface area contributed by atoms with Gasteiger partial charge in [0.2, 0.25) is 0 Å². The predicted octanol–water partition coefficient (Wildman–Crippen LogP) is 2.49. The quantitative estimate of drug-likeness (QED) is 0.553. The molecule has 0 aliphatic heterocycles. The molecule has 1 aromatic rings. The molecular weight excluding hydrogens is 172 g/mol. The standard InChI is InChI=1S/C7H2ClF2N/c8-5-1-2-6(9)4(3-11)7(5)10/h1-2H. The van der Waals surface area contributed by atoms with Gasteiger partial charge >= 0.3 is 0 Å². The summed E-state index contributed by atoms with van der Waals surface area (Å²) in [5.74, 6) is -1.90. The third kappa shape index (κ3) is 1.31. The van der Waals surface area contributed by atoms with Crippen molar-refractivity contribution in [2.75, 3.05) is 0 Å². The number of nitriles is 1. The molecule has 0 fully saturated rings. The van der Waals surface area contributed by atoms with Crippen molar-refractivity contribution >= 4 is 11.6 Å². The van der Waals surface area contributed by atoms with Gasteiger partial charge in [-0.2, -0.15) is 5.26 Å². The van der Waals surface area contributed by atoms with Crippen LogP contribution in [0.4, 0.5) is 8.78 Å². The van der Waals surface area contributed by atoms with Crippen LogP contribution in [0.5, 0.6) is 0 Å². The molecule has 1 rings (SSSR count). The highest BCUT2D eigenvalue weighted by Crippen LogP contribution is 2.19. The molecule has 0 bridgehead atoms. The van der Waals surface area contributed by atoms with Gasteiger partial charge in [-0.1, -0.05) is 11.6 Å². The van der Waals surface area contributed by atoms with Crippen molar-refractivity contribution in [2.24, 2.45) is 0 Å². The maximum Gasteiger partial charge on any atom is 0.162 e. The minimum Gasteiger partial charge on any atom is -0.205 e. The fraction of sp³-hybridized carbons (Fsp3) is 0. The third-order valence-electron chi connectivity index (χ3n) is 1.16. The molecule has 1 nitrogen and oxygen atoms in total. The molecule has 0 heterocycles. The van der Waals surface area contributed by atoms with E-state index in [0.717, 1.165) is 12.1 Å². The second-order valence-corrected chi connectivity index (χ2v) is 2.24. The molecule has 56 valence electrons. The number of halogens is 3. The first-order chi connectivity index (χ1) is 5.16. The van der Waals surface area contributed by atoms with Crippen LogP contribution >= 0.6 is 11.6 Å². The Labute approximate surface area is 66.8 Å². The van der Waals surface area contributed by atoms with Crippen LogP contribution in [0.15, 0.2) is 12.1 Å². The summed E-state index contributed by atoms with van der Waals surface area (Å²) in [6.07, 6.45) is 0. The van der Waals surface area contributed by atoms with E-state index in [4.69, 9.17) is 16.9 Å². The van der Waals surface area contributed by atoms with Crippen molar-refractivity contribution in [2.45, 2.75) is 0 Å². The van der Waals surface area contributed by atoms with Crippen LogP contribution in [0, 0.1) is 23.0 Å². The molecule has 0 unspecified atom stereocenters. The molecule has 0 atom stereocenters. The molecular formula is C7H2ClF2N. The summed E-state index contributed by atoms with van der Waals surface area (Å²) in [5, 5.41) is 7.99. The fourth-order valence-electron chi connectivity index (χ4n) is 0.630. The highest BCUT2D eigenvalue weighted by Gasteiger charge is 2.10. The van der Waals surface area contributed by atoms with Gasteiger partial charge in [-0.05, 0) is 12.1 Å². The van der Waals surface area contributed by atoms with E-state index < -0.39 is 17.2 Å². The number of hydrogen-bond donors (Lipinski definition) is 0. The zero-order chi connectivity index (χ0) is 8.43. The van der Waals surface area contributed by atoms with Crippen LogP contribution in [-0.2, 0) is 0 Å². The Balaban J connectivity index is 3.44. The lowest BCUT2D eigenvalue weighted by atomic mass is 10.2. The van der Waals surface area contributed by atoms with E-state index in [0.29, 0.717) is 0 Å². The molecule has 0 aromatic heterocycles. The number of hydrogen-bond acceptors (Lipinski definition) is 1. The summed E-state index contributed by atoms with van der Waals surface area (Å²) in [6.45, 7) is 0. The van der Waals surface area contributed by atoms with E-state index in [1.54, 1.807) is 0 Å². The Hall–Kier alpha value is -1.14. The fourth-order valence-corrected chi connectivity index (χ4v) is 0.787. The van der Waals surface area contributed by atoms with Crippen LogP contribution in [-0.4, -0.2) is 0 Å². The van der Waals surface area contributed by atoms with E-state index in [-0.39, 0.29) is 5.02 Å². The molecule has 0 aliphatic carbocycles. The SMILES string of the molecule is N#Cc1c(F)ccc(Cl)c1F. The Morgan fingerprint density at radius 1 is 1.36 bits per heavy atom. The van der Waals surface area contributed by atoms with Crippen molar-refractivity contribution in [3.05, 3.63) is 34.4 Å². The van der Waals surface area contributed by atoms with Gasteiger partial charge in [0.05, 0.1) is 5.02 Å². The van der Waals surface area contributed by atoms with Crippen LogP contribution in [0.3, 0.4) is 0 Å². The van der Waals surface area contributed by atoms with E-state index in [1.165, 1.54) is 6.07 Å². The molecule has 0 N–H and O–H groups in total. The second kappa shape index (κ2) is 2.85. The van der Waals surface area contributed by atoms with Crippen LogP contribution in [0.2, 0.25) is 5.02 Å². The molecule has 1 aromatic carbocycles. The van der Waals surface area contributed by atoms with Crippen LogP contribution in [0.1, 0.15) is 5.56 Å². The second-order valence-electron chi connectivity index (χ2n) is 1.83. The number of rotatable bonds is 0. The minimum atomic E-state index is -1.01. The molecule has 0 saturated heterocycles. The summed E-state index contributed by atoms with van der Waals surface area (Å²) in [5.41, 5.74) is -0.641. The van der Waals surface area contributed by atoms with Gasteiger partial charge in [-0.15, -0.1) is 0 Å². The summed E-state index contributed by atoms with van der Waals surface area (Å²) < 4.78 is 25.2. The minimum absolute atomic E-state index is 0.247. The number of benzene rings is 1. The van der Waals surface area contributed by atoms with Crippen molar-refractivity contribution < 1.29 is 8.78 Å². The molecule has 0 radical (unpaired) electrons. The molecule has 11 heavy (non-hydrogen) atoms. The molecule has 0 spiro atoms. The van der Waals surface area contributed by atoms with Crippen LogP contribution < -0.4 is 0 Å². The van der Waals surface area contributed by atoms with Gasteiger partial charge in [0, 0.05) is 0 Å². The Morgan fingerprint density at radius 2 is 2.00 bits per heavy atom. The van der Waals surface area contributed by atoms with Gasteiger partial charge in [-0.3, -0.25) is 0 Å². The lowest BCUT2D eigenvalue weighted by molar-refractivity contribution is 0.577. The summed E-state index contributed by atoms with van der Waals surface area (Å²) in [7, 11) is 0. The smallest absolute Gasteiger partial charge is 0.162 e. The van der Waals surface area contributed by atoms with Gasteiger partial charge in [-0.25, -0.2) is 8.78 Å². The number of nitrogens with zero attached hydrogens (tertiary/aromatic N) is 1. The van der Waals surface area contributed by atoms with E-state index >= 15 is 0 Å². The van der Waals surface area contributed by atoms with Gasteiger partial charge in [0.25, 0.3) is 0 Å². The molecule has 0 aliphatic rings. The Morgan fingerprint density at radius 3 is 2.45 bits per heavy atom. The third-order valence-corrected chi connectivity index (χ3v) is 1.45.